The maximum atomic E-state index is 12.8. The first-order valence-electron chi connectivity index (χ1n) is 11.2. The van der Waals surface area contributed by atoms with E-state index in [1.165, 1.54) is 17.0 Å². The third-order valence-corrected chi connectivity index (χ3v) is 5.96. The molecule has 1 aliphatic heterocycles. The molecule has 2 aromatic rings. The summed E-state index contributed by atoms with van der Waals surface area (Å²) in [6, 6.07) is 13.0. The molecule has 0 unspecified atom stereocenters. The van der Waals surface area contributed by atoms with E-state index >= 15 is 0 Å². The number of imide groups is 1. The van der Waals surface area contributed by atoms with Gasteiger partial charge in [-0.25, -0.2) is 4.79 Å². The Balaban J connectivity index is 1.36. The number of carbonyl (C=O) groups excluding carboxylic acids is 4. The van der Waals surface area contributed by atoms with Gasteiger partial charge in [-0.2, -0.15) is 0 Å². The van der Waals surface area contributed by atoms with Crippen LogP contribution < -0.4 is 15.0 Å². The molecule has 172 valence electrons. The van der Waals surface area contributed by atoms with Gasteiger partial charge in [-0.3, -0.25) is 19.3 Å². The second-order valence-electron chi connectivity index (χ2n) is 8.14. The van der Waals surface area contributed by atoms with Gasteiger partial charge in [-0.15, -0.1) is 0 Å². The van der Waals surface area contributed by atoms with Crippen molar-refractivity contribution in [1.82, 2.24) is 0 Å². The molecule has 8 heteroatoms. The molecule has 0 spiro atoms. The highest BCUT2D eigenvalue weighted by molar-refractivity contribution is 6.22. The topological polar surface area (TPSA) is 102 Å². The summed E-state index contributed by atoms with van der Waals surface area (Å²) in [5.74, 6) is -1.46. The Hall–Kier alpha value is -3.68. The van der Waals surface area contributed by atoms with Gasteiger partial charge in [0.05, 0.1) is 29.7 Å². The minimum Gasteiger partial charge on any atom is -0.494 e. The summed E-state index contributed by atoms with van der Waals surface area (Å²) in [6.07, 6.45) is 3.33. The van der Waals surface area contributed by atoms with Gasteiger partial charge in [0.25, 0.3) is 5.91 Å². The molecule has 1 saturated carbocycles. The maximum absolute atomic E-state index is 12.8. The molecule has 1 N–H and O–H groups in total. The number of fused-ring (bicyclic) bond motifs is 1. The van der Waals surface area contributed by atoms with Crippen LogP contribution in [0.15, 0.2) is 48.5 Å². The van der Waals surface area contributed by atoms with E-state index in [4.69, 9.17) is 9.47 Å². The molecule has 33 heavy (non-hydrogen) atoms. The number of benzene rings is 2. The van der Waals surface area contributed by atoms with Gasteiger partial charge in [-0.1, -0.05) is 18.9 Å². The Morgan fingerprint density at radius 1 is 1.00 bits per heavy atom. The minimum absolute atomic E-state index is 0.164. The first kappa shape index (κ1) is 22.5. The van der Waals surface area contributed by atoms with E-state index in [2.05, 4.69) is 5.32 Å². The Morgan fingerprint density at radius 3 is 2.30 bits per heavy atom. The number of nitrogens with zero attached hydrogens (tertiary/aromatic N) is 1. The third-order valence-electron chi connectivity index (χ3n) is 5.96. The van der Waals surface area contributed by atoms with Crippen molar-refractivity contribution in [3.63, 3.8) is 0 Å². The van der Waals surface area contributed by atoms with E-state index in [0.717, 1.165) is 25.7 Å². The van der Waals surface area contributed by atoms with Crippen LogP contribution in [-0.4, -0.2) is 36.9 Å². The van der Waals surface area contributed by atoms with Crippen LogP contribution in [-0.2, 0) is 19.1 Å². The lowest BCUT2D eigenvalue weighted by Gasteiger charge is -2.19. The molecule has 3 amide bonds. The first-order chi connectivity index (χ1) is 16.0. The molecule has 2 atom stereocenters. The molecule has 2 aromatic carbocycles. The van der Waals surface area contributed by atoms with Crippen molar-refractivity contribution in [2.24, 2.45) is 11.8 Å². The Bertz CT molecular complexity index is 1040. The molecule has 0 radical (unpaired) electrons. The highest BCUT2D eigenvalue weighted by Gasteiger charge is 2.48. The normalized spacial score (nSPS) is 19.7. The van der Waals surface area contributed by atoms with Gasteiger partial charge in [0.2, 0.25) is 11.8 Å². The molecular formula is C25H26N2O6. The summed E-state index contributed by atoms with van der Waals surface area (Å²) in [5.41, 5.74) is 1.07. The fourth-order valence-corrected chi connectivity index (χ4v) is 4.40. The lowest BCUT2D eigenvalue weighted by Crippen LogP contribution is -2.31. The molecule has 2 aliphatic rings. The van der Waals surface area contributed by atoms with Gasteiger partial charge in [0, 0.05) is 5.69 Å². The summed E-state index contributed by atoms with van der Waals surface area (Å²) in [4.78, 5) is 51.4. The monoisotopic (exact) mass is 450 g/mol. The maximum Gasteiger partial charge on any atom is 0.338 e. The van der Waals surface area contributed by atoms with Gasteiger partial charge in [-0.05, 0) is 62.2 Å². The number of esters is 1. The van der Waals surface area contributed by atoms with Crippen molar-refractivity contribution in [3.05, 3.63) is 54.1 Å². The Labute approximate surface area is 191 Å². The molecule has 1 aliphatic carbocycles. The Kier molecular flexibility index (Phi) is 6.72. The second-order valence-corrected chi connectivity index (χ2v) is 8.14. The zero-order valence-corrected chi connectivity index (χ0v) is 18.4. The van der Waals surface area contributed by atoms with E-state index in [1.54, 1.807) is 36.4 Å². The van der Waals surface area contributed by atoms with Crippen molar-refractivity contribution < 1.29 is 28.7 Å². The highest BCUT2D eigenvalue weighted by atomic mass is 16.5. The van der Waals surface area contributed by atoms with Crippen molar-refractivity contribution in [3.8, 4) is 5.75 Å². The van der Waals surface area contributed by atoms with E-state index in [9.17, 15) is 19.2 Å². The number of carbonyl (C=O) groups is 4. The molecule has 0 aromatic heterocycles. The quantitative estimate of drug-likeness (QED) is 0.511. The molecule has 1 heterocycles. The van der Waals surface area contributed by atoms with Gasteiger partial charge < -0.3 is 14.8 Å². The fourth-order valence-electron chi connectivity index (χ4n) is 4.40. The van der Waals surface area contributed by atoms with Gasteiger partial charge >= 0.3 is 5.97 Å². The zero-order valence-electron chi connectivity index (χ0n) is 18.4. The van der Waals surface area contributed by atoms with E-state index in [1.807, 2.05) is 6.92 Å². The van der Waals surface area contributed by atoms with Crippen LogP contribution in [0, 0.1) is 11.8 Å². The van der Waals surface area contributed by atoms with Crippen molar-refractivity contribution in [2.45, 2.75) is 32.6 Å². The molecule has 8 nitrogen and oxygen atoms in total. The van der Waals surface area contributed by atoms with Gasteiger partial charge in [0.15, 0.2) is 6.61 Å². The molecular weight excluding hydrogens is 424 g/mol. The number of rotatable bonds is 7. The summed E-state index contributed by atoms with van der Waals surface area (Å²) in [5, 5.41) is 2.65. The fraction of sp³-hybridized carbons (Fsp3) is 0.360. The largest absolute Gasteiger partial charge is 0.494 e. The lowest BCUT2D eigenvalue weighted by molar-refractivity contribution is -0.122. The Morgan fingerprint density at radius 2 is 1.67 bits per heavy atom. The number of amides is 3. The zero-order chi connectivity index (χ0) is 23.4. The van der Waals surface area contributed by atoms with Crippen LogP contribution in [0.4, 0.5) is 11.4 Å². The van der Waals surface area contributed by atoms with Crippen molar-refractivity contribution in [1.29, 1.82) is 0 Å². The number of hydrogen-bond acceptors (Lipinski definition) is 6. The van der Waals surface area contributed by atoms with E-state index in [-0.39, 0.29) is 29.2 Å². The smallest absolute Gasteiger partial charge is 0.338 e. The SMILES string of the molecule is CCOc1ccc(NC(=O)COC(=O)c2cccc(N3C(=O)[C@H]4CCCC[C@H]4C3=O)c2)cc1. The standard InChI is InChI=1S/C25H26N2O6/c1-2-32-19-12-10-17(11-13-19)26-22(28)15-33-25(31)16-6-5-7-18(14-16)27-23(29)20-8-3-4-9-21(20)24(27)30/h5-7,10-14,20-21H,2-4,8-9,15H2,1H3,(H,26,28)/t20-,21+. The number of anilines is 2. The van der Waals surface area contributed by atoms with E-state index < -0.39 is 18.5 Å². The molecule has 4 rings (SSSR count). The number of ether oxygens (including phenoxy) is 2. The van der Waals surface area contributed by atoms with Crippen molar-refractivity contribution >= 4 is 35.1 Å². The summed E-state index contributed by atoms with van der Waals surface area (Å²) >= 11 is 0. The first-order valence-corrected chi connectivity index (χ1v) is 11.2. The number of hydrogen-bond donors (Lipinski definition) is 1. The highest BCUT2D eigenvalue weighted by Crippen LogP contribution is 2.40. The lowest BCUT2D eigenvalue weighted by atomic mass is 9.81. The van der Waals surface area contributed by atoms with Crippen LogP contribution in [0.2, 0.25) is 0 Å². The molecule has 1 saturated heterocycles. The van der Waals surface area contributed by atoms with Crippen LogP contribution in [0.3, 0.4) is 0 Å². The summed E-state index contributed by atoms with van der Waals surface area (Å²) in [6.45, 7) is 1.96. The number of nitrogens with one attached hydrogen (secondary N) is 1. The van der Waals surface area contributed by atoms with Gasteiger partial charge in [0.1, 0.15) is 5.75 Å². The summed E-state index contributed by atoms with van der Waals surface area (Å²) in [7, 11) is 0. The van der Waals surface area contributed by atoms with Crippen LogP contribution in [0.1, 0.15) is 43.0 Å². The minimum atomic E-state index is -0.713. The van der Waals surface area contributed by atoms with Crippen LogP contribution in [0.5, 0.6) is 5.75 Å². The average Bonchev–Trinajstić information content (AvgIpc) is 3.09. The van der Waals surface area contributed by atoms with Crippen LogP contribution in [0.25, 0.3) is 0 Å². The summed E-state index contributed by atoms with van der Waals surface area (Å²) < 4.78 is 10.5. The molecule has 2 fully saturated rings. The second kappa shape index (κ2) is 9.85. The predicted molar refractivity (Wildman–Crippen MR) is 121 cm³/mol. The third kappa shape index (κ3) is 4.89. The van der Waals surface area contributed by atoms with Crippen molar-refractivity contribution in [2.75, 3.05) is 23.4 Å². The molecule has 0 bridgehead atoms. The predicted octanol–water partition coefficient (Wildman–Crippen LogP) is 3.56. The van der Waals surface area contributed by atoms with Crippen LogP contribution >= 0.6 is 0 Å². The van der Waals surface area contributed by atoms with E-state index in [0.29, 0.717) is 23.7 Å². The average molecular weight is 450 g/mol.